The van der Waals surface area contributed by atoms with Gasteiger partial charge in [-0.05, 0) is 81.5 Å². The van der Waals surface area contributed by atoms with Crippen molar-refractivity contribution in [3.8, 4) is 0 Å². The molecular formula is C21H32N4O2. The van der Waals surface area contributed by atoms with Crippen molar-refractivity contribution >= 4 is 11.9 Å². The van der Waals surface area contributed by atoms with Crippen LogP contribution in [-0.2, 0) is 0 Å². The van der Waals surface area contributed by atoms with Gasteiger partial charge >= 0.3 is 6.09 Å². The van der Waals surface area contributed by atoms with E-state index in [-0.39, 0.29) is 0 Å². The lowest BCUT2D eigenvalue weighted by atomic mass is 9.88. The topological polar surface area (TPSA) is 68.7 Å². The van der Waals surface area contributed by atoms with E-state index in [2.05, 4.69) is 27.3 Å². The zero-order valence-electron chi connectivity index (χ0n) is 16.1. The number of rotatable bonds is 5. The first-order valence-electron chi connectivity index (χ1n) is 10.6. The molecule has 6 heteroatoms. The number of likely N-dealkylation sites (tertiary alicyclic amines) is 2. The predicted molar refractivity (Wildman–Crippen MR) is 106 cm³/mol. The van der Waals surface area contributed by atoms with Crippen LogP contribution >= 0.6 is 0 Å². The number of carboxylic acid groups (broad SMARTS) is 1. The van der Waals surface area contributed by atoms with Gasteiger partial charge in [-0.2, -0.15) is 0 Å². The number of aromatic nitrogens is 1. The van der Waals surface area contributed by atoms with Crippen LogP contribution in [0.2, 0.25) is 0 Å². The van der Waals surface area contributed by atoms with Gasteiger partial charge in [-0.3, -0.25) is 0 Å². The summed E-state index contributed by atoms with van der Waals surface area (Å²) in [4.78, 5) is 20.0. The summed E-state index contributed by atoms with van der Waals surface area (Å²) in [5.41, 5.74) is 1.38. The normalized spacial score (nSPS) is 25.2. The highest BCUT2D eigenvalue weighted by Gasteiger charge is 2.29. The molecule has 2 aliphatic heterocycles. The van der Waals surface area contributed by atoms with Gasteiger partial charge in [0.1, 0.15) is 5.82 Å². The van der Waals surface area contributed by atoms with Crippen molar-refractivity contribution in [3.05, 3.63) is 23.9 Å². The molecule has 1 aromatic heterocycles. The fraction of sp³-hybridized carbons (Fsp3) is 0.714. The Morgan fingerprint density at radius 1 is 1.11 bits per heavy atom. The zero-order chi connectivity index (χ0) is 18.6. The van der Waals surface area contributed by atoms with E-state index >= 15 is 0 Å². The quantitative estimate of drug-likeness (QED) is 0.826. The SMILES string of the molecule is O=C(O)N1CCCC(N2CCC(c3cccnc3NCC3CC3)CC2)CC1. The highest BCUT2D eigenvalue weighted by Crippen LogP contribution is 2.35. The monoisotopic (exact) mass is 372 g/mol. The van der Waals surface area contributed by atoms with Crippen LogP contribution in [0.25, 0.3) is 0 Å². The number of pyridine rings is 1. The van der Waals surface area contributed by atoms with E-state index in [9.17, 15) is 9.90 Å². The van der Waals surface area contributed by atoms with E-state index in [1.807, 2.05) is 6.20 Å². The van der Waals surface area contributed by atoms with Crippen LogP contribution in [-0.4, -0.2) is 64.7 Å². The van der Waals surface area contributed by atoms with E-state index < -0.39 is 6.09 Å². The minimum Gasteiger partial charge on any atom is -0.465 e. The Morgan fingerprint density at radius 3 is 2.67 bits per heavy atom. The van der Waals surface area contributed by atoms with Crippen LogP contribution in [0, 0.1) is 5.92 Å². The predicted octanol–water partition coefficient (Wildman–Crippen LogP) is 3.62. The average Bonchev–Trinajstić information content (AvgIpc) is 3.53. The molecule has 1 aromatic rings. The molecule has 2 N–H and O–H groups in total. The molecule has 6 nitrogen and oxygen atoms in total. The minimum absolute atomic E-state index is 0.539. The zero-order valence-corrected chi connectivity index (χ0v) is 16.1. The van der Waals surface area contributed by atoms with Crippen LogP contribution in [0.3, 0.4) is 0 Å². The Labute approximate surface area is 161 Å². The van der Waals surface area contributed by atoms with Crippen LogP contribution in [0.4, 0.5) is 10.6 Å². The summed E-state index contributed by atoms with van der Waals surface area (Å²) in [5, 5.41) is 12.8. The Morgan fingerprint density at radius 2 is 1.93 bits per heavy atom. The van der Waals surface area contributed by atoms with Crippen molar-refractivity contribution in [2.75, 3.05) is 38.0 Å². The first-order valence-corrected chi connectivity index (χ1v) is 10.6. The minimum atomic E-state index is -0.767. The fourth-order valence-electron chi connectivity index (χ4n) is 4.67. The number of amides is 1. The van der Waals surface area contributed by atoms with Crippen LogP contribution in [0.15, 0.2) is 18.3 Å². The third-order valence-electron chi connectivity index (χ3n) is 6.55. The van der Waals surface area contributed by atoms with E-state index in [4.69, 9.17) is 0 Å². The molecule has 4 rings (SSSR count). The molecule has 3 heterocycles. The van der Waals surface area contributed by atoms with Crippen LogP contribution in [0.5, 0.6) is 0 Å². The van der Waals surface area contributed by atoms with Gasteiger partial charge in [-0.25, -0.2) is 9.78 Å². The molecule has 1 unspecified atom stereocenters. The molecular weight excluding hydrogens is 340 g/mol. The number of hydrogen-bond donors (Lipinski definition) is 2. The molecule has 0 radical (unpaired) electrons. The van der Waals surface area contributed by atoms with Gasteiger partial charge in [-0.15, -0.1) is 0 Å². The van der Waals surface area contributed by atoms with Crippen molar-refractivity contribution < 1.29 is 9.90 Å². The third kappa shape index (κ3) is 4.72. The smallest absolute Gasteiger partial charge is 0.407 e. The third-order valence-corrected chi connectivity index (χ3v) is 6.55. The highest BCUT2D eigenvalue weighted by atomic mass is 16.4. The number of nitrogens with zero attached hydrogens (tertiary/aromatic N) is 3. The molecule has 1 saturated carbocycles. The Balaban J connectivity index is 1.32. The van der Waals surface area contributed by atoms with Crippen molar-refractivity contribution in [1.82, 2.24) is 14.8 Å². The van der Waals surface area contributed by atoms with Gasteiger partial charge < -0.3 is 20.2 Å². The summed E-state index contributed by atoms with van der Waals surface area (Å²) in [6.45, 7) is 4.65. The van der Waals surface area contributed by atoms with E-state index in [0.717, 1.165) is 50.6 Å². The lowest BCUT2D eigenvalue weighted by Crippen LogP contribution is -2.41. The van der Waals surface area contributed by atoms with Crippen LogP contribution < -0.4 is 5.32 Å². The maximum Gasteiger partial charge on any atom is 0.407 e. The molecule has 1 atom stereocenters. The molecule has 27 heavy (non-hydrogen) atoms. The molecule has 3 aliphatic rings. The summed E-state index contributed by atoms with van der Waals surface area (Å²) < 4.78 is 0. The second-order valence-electron chi connectivity index (χ2n) is 8.43. The van der Waals surface area contributed by atoms with Gasteiger partial charge in [0, 0.05) is 31.9 Å². The van der Waals surface area contributed by atoms with Gasteiger partial charge in [0.2, 0.25) is 0 Å². The summed E-state index contributed by atoms with van der Waals surface area (Å²) in [6, 6.07) is 4.85. The summed E-state index contributed by atoms with van der Waals surface area (Å²) in [6.07, 6.45) is 9.25. The number of nitrogens with one attached hydrogen (secondary N) is 1. The largest absolute Gasteiger partial charge is 0.465 e. The van der Waals surface area contributed by atoms with Crippen LogP contribution in [0.1, 0.15) is 56.4 Å². The van der Waals surface area contributed by atoms with E-state index in [0.29, 0.717) is 25.0 Å². The second kappa shape index (κ2) is 8.46. The maximum absolute atomic E-state index is 11.2. The lowest BCUT2D eigenvalue weighted by Gasteiger charge is -2.37. The number of carbonyl (C=O) groups is 1. The Kier molecular flexibility index (Phi) is 5.81. The first-order chi connectivity index (χ1) is 13.2. The second-order valence-corrected chi connectivity index (χ2v) is 8.43. The van der Waals surface area contributed by atoms with E-state index in [1.165, 1.54) is 31.2 Å². The van der Waals surface area contributed by atoms with Crippen molar-refractivity contribution in [3.63, 3.8) is 0 Å². The molecule has 3 fully saturated rings. The molecule has 0 aromatic carbocycles. The van der Waals surface area contributed by atoms with Crippen molar-refractivity contribution in [1.29, 1.82) is 0 Å². The standard InChI is InChI=1S/C21H32N4O2/c26-21(27)25-11-2-3-18(9-14-25)24-12-7-17(8-13-24)19-4-1-10-22-20(19)23-15-16-5-6-16/h1,4,10,16-18H,2-3,5-9,11-15H2,(H,22,23)(H,26,27). The number of anilines is 1. The van der Waals surface area contributed by atoms with Gasteiger partial charge in [-0.1, -0.05) is 6.07 Å². The van der Waals surface area contributed by atoms with Gasteiger partial charge in [0.25, 0.3) is 0 Å². The molecule has 148 valence electrons. The molecule has 0 bridgehead atoms. The maximum atomic E-state index is 11.2. The Bertz CT molecular complexity index is 641. The Hall–Kier alpha value is -1.82. The van der Waals surface area contributed by atoms with Crippen molar-refractivity contribution in [2.24, 2.45) is 5.92 Å². The lowest BCUT2D eigenvalue weighted by molar-refractivity contribution is 0.131. The molecule has 0 spiro atoms. The number of hydrogen-bond acceptors (Lipinski definition) is 4. The van der Waals surface area contributed by atoms with E-state index in [1.54, 1.807) is 4.90 Å². The number of piperidine rings is 1. The first kappa shape index (κ1) is 18.5. The average molecular weight is 373 g/mol. The summed E-state index contributed by atoms with van der Waals surface area (Å²) >= 11 is 0. The molecule has 1 aliphatic carbocycles. The fourth-order valence-corrected chi connectivity index (χ4v) is 4.67. The summed E-state index contributed by atoms with van der Waals surface area (Å²) in [5.74, 6) is 2.52. The van der Waals surface area contributed by atoms with Gasteiger partial charge in [0.05, 0.1) is 0 Å². The molecule has 1 amide bonds. The molecule has 2 saturated heterocycles. The van der Waals surface area contributed by atoms with Crippen molar-refractivity contribution in [2.45, 2.75) is 56.9 Å². The highest BCUT2D eigenvalue weighted by molar-refractivity contribution is 5.64. The van der Waals surface area contributed by atoms with Gasteiger partial charge in [0.15, 0.2) is 0 Å². The summed E-state index contributed by atoms with van der Waals surface area (Å²) in [7, 11) is 0.